The number of aromatic nitrogens is 1. The van der Waals surface area contributed by atoms with E-state index in [1.807, 2.05) is 0 Å². The minimum absolute atomic E-state index is 0.168. The largest absolute Gasteiger partial charge is 0.478 e. The van der Waals surface area contributed by atoms with Gasteiger partial charge >= 0.3 is 5.97 Å². The summed E-state index contributed by atoms with van der Waals surface area (Å²) in [7, 11) is 0. The van der Waals surface area contributed by atoms with Crippen molar-refractivity contribution in [2.24, 2.45) is 0 Å². The van der Waals surface area contributed by atoms with Crippen LogP contribution in [-0.4, -0.2) is 16.1 Å². The van der Waals surface area contributed by atoms with Crippen molar-refractivity contribution in [2.45, 2.75) is 6.43 Å². The molecule has 7 heteroatoms. The highest BCUT2D eigenvalue weighted by Crippen LogP contribution is 2.27. The van der Waals surface area contributed by atoms with Crippen LogP contribution in [0.2, 0.25) is 0 Å². The molecule has 0 unspecified atom stereocenters. The summed E-state index contributed by atoms with van der Waals surface area (Å²) >= 11 is 1.48. The van der Waals surface area contributed by atoms with Crippen LogP contribution in [-0.2, 0) is 0 Å². The van der Waals surface area contributed by atoms with Gasteiger partial charge in [-0.2, -0.15) is 5.26 Å². The van der Waals surface area contributed by atoms with Gasteiger partial charge in [0.1, 0.15) is 15.5 Å². The predicted octanol–water partition coefficient (Wildman–Crippen LogP) is 2.19. The summed E-state index contributed by atoms with van der Waals surface area (Å²) in [5.74, 6) is -1.50. The van der Waals surface area contributed by atoms with Crippen LogP contribution in [0.25, 0.3) is 0 Å². The van der Waals surface area contributed by atoms with Gasteiger partial charge in [-0.25, -0.2) is 18.6 Å². The number of nitriles is 1. The number of hydrogen-bond acceptors (Lipinski definition) is 3. The second-order valence-electron chi connectivity index (χ2n) is 2.48. The molecular formula is C8H3F2IN2O2. The van der Waals surface area contributed by atoms with Crippen molar-refractivity contribution in [1.82, 2.24) is 4.98 Å². The van der Waals surface area contributed by atoms with Crippen molar-refractivity contribution >= 4 is 28.6 Å². The fourth-order valence-corrected chi connectivity index (χ4v) is 1.75. The number of nitrogens with zero attached hydrogens (tertiary/aromatic N) is 2. The zero-order chi connectivity index (χ0) is 11.6. The molecule has 1 aromatic heterocycles. The normalized spacial score (nSPS) is 10.1. The molecule has 0 aliphatic rings. The molecule has 0 aromatic carbocycles. The first-order valence-electron chi connectivity index (χ1n) is 3.59. The van der Waals surface area contributed by atoms with Crippen LogP contribution >= 0.6 is 22.6 Å². The maximum Gasteiger partial charge on any atom is 0.336 e. The molecule has 0 aliphatic heterocycles. The number of carboxylic acid groups (broad SMARTS) is 1. The lowest BCUT2D eigenvalue weighted by Gasteiger charge is -2.06. The fourth-order valence-electron chi connectivity index (χ4n) is 0.966. The summed E-state index contributed by atoms with van der Waals surface area (Å²) in [5, 5.41) is 17.2. The third-order valence-corrected chi connectivity index (χ3v) is 2.40. The molecule has 1 rings (SSSR count). The van der Waals surface area contributed by atoms with Crippen LogP contribution in [0.3, 0.4) is 0 Å². The predicted molar refractivity (Wildman–Crippen MR) is 53.6 cm³/mol. The van der Waals surface area contributed by atoms with Crippen LogP contribution in [0.5, 0.6) is 0 Å². The maximum atomic E-state index is 12.5. The highest BCUT2D eigenvalue weighted by Gasteiger charge is 2.23. The molecule has 0 atom stereocenters. The number of carboxylic acids is 1. The number of pyridine rings is 1. The zero-order valence-corrected chi connectivity index (χ0v) is 9.20. The van der Waals surface area contributed by atoms with Gasteiger partial charge in [0.25, 0.3) is 6.43 Å². The first kappa shape index (κ1) is 11.8. The van der Waals surface area contributed by atoms with Crippen molar-refractivity contribution in [3.05, 3.63) is 26.6 Å². The Hall–Kier alpha value is -1.30. The zero-order valence-electron chi connectivity index (χ0n) is 7.04. The van der Waals surface area contributed by atoms with E-state index in [1.54, 1.807) is 6.07 Å². The number of halogens is 3. The topological polar surface area (TPSA) is 74.0 Å². The standard InChI is InChI=1S/C8H3F2IN2O2/c9-6(10)5-4(8(14)15)1-3(2-12)13-7(5)11/h1,6H,(H,14,15). The van der Waals surface area contributed by atoms with Crippen LogP contribution in [0.1, 0.15) is 28.0 Å². The number of rotatable bonds is 2. The molecule has 0 saturated heterocycles. The van der Waals surface area contributed by atoms with Crippen LogP contribution in [0.4, 0.5) is 8.78 Å². The maximum absolute atomic E-state index is 12.5. The Morgan fingerprint density at radius 1 is 1.67 bits per heavy atom. The van der Waals surface area contributed by atoms with Gasteiger partial charge in [-0.3, -0.25) is 0 Å². The Morgan fingerprint density at radius 3 is 2.67 bits per heavy atom. The quantitative estimate of drug-likeness (QED) is 0.668. The number of carbonyl (C=O) groups is 1. The van der Waals surface area contributed by atoms with Gasteiger partial charge in [-0.1, -0.05) is 0 Å². The van der Waals surface area contributed by atoms with Gasteiger partial charge in [0.15, 0.2) is 0 Å². The molecule has 15 heavy (non-hydrogen) atoms. The van der Waals surface area contributed by atoms with Crippen LogP contribution in [0.15, 0.2) is 6.07 Å². The van der Waals surface area contributed by atoms with Crippen molar-refractivity contribution in [3.8, 4) is 6.07 Å². The first-order valence-corrected chi connectivity index (χ1v) is 4.67. The number of alkyl halides is 2. The minimum Gasteiger partial charge on any atom is -0.478 e. The van der Waals surface area contributed by atoms with Crippen LogP contribution < -0.4 is 0 Å². The van der Waals surface area contributed by atoms with Gasteiger partial charge in [0, 0.05) is 0 Å². The monoisotopic (exact) mass is 324 g/mol. The van der Waals surface area contributed by atoms with Gasteiger partial charge in [-0.15, -0.1) is 0 Å². The molecule has 4 nitrogen and oxygen atoms in total. The second kappa shape index (κ2) is 4.48. The average molecular weight is 324 g/mol. The Labute approximate surface area is 96.7 Å². The summed E-state index contributed by atoms with van der Waals surface area (Å²) in [6, 6.07) is 2.44. The molecule has 0 aliphatic carbocycles. The molecule has 78 valence electrons. The fraction of sp³-hybridized carbons (Fsp3) is 0.125. The van der Waals surface area contributed by atoms with Crippen molar-refractivity contribution in [1.29, 1.82) is 5.26 Å². The van der Waals surface area contributed by atoms with E-state index in [-0.39, 0.29) is 9.39 Å². The SMILES string of the molecule is N#Cc1cc(C(=O)O)c(C(F)F)c(I)n1. The summed E-state index contributed by atoms with van der Waals surface area (Å²) in [4.78, 5) is 14.2. The van der Waals surface area contributed by atoms with Crippen molar-refractivity contribution < 1.29 is 18.7 Å². The average Bonchev–Trinajstić information content (AvgIpc) is 2.15. The van der Waals surface area contributed by atoms with E-state index < -0.39 is 23.5 Å². The number of hydrogen-bond donors (Lipinski definition) is 1. The molecule has 0 radical (unpaired) electrons. The summed E-state index contributed by atoms with van der Waals surface area (Å²) in [5.41, 5.74) is -1.43. The molecular weight excluding hydrogens is 321 g/mol. The Morgan fingerprint density at radius 2 is 2.27 bits per heavy atom. The molecule has 0 saturated carbocycles. The first-order chi connectivity index (χ1) is 6.97. The summed E-state index contributed by atoms with van der Waals surface area (Å²) < 4.78 is 24.8. The minimum atomic E-state index is -2.93. The van der Waals surface area contributed by atoms with Gasteiger partial charge in [0.05, 0.1) is 11.1 Å². The molecule has 0 bridgehead atoms. The molecule has 0 spiro atoms. The lowest BCUT2D eigenvalue weighted by atomic mass is 10.1. The number of aromatic carboxylic acids is 1. The van der Waals surface area contributed by atoms with Gasteiger partial charge in [0.2, 0.25) is 0 Å². The molecule has 1 N–H and O–H groups in total. The summed E-state index contributed by atoms with van der Waals surface area (Å²) in [6.07, 6.45) is -2.93. The van der Waals surface area contributed by atoms with Crippen molar-refractivity contribution in [3.63, 3.8) is 0 Å². The van der Waals surface area contributed by atoms with Crippen LogP contribution in [0, 0.1) is 15.0 Å². The molecule has 0 fully saturated rings. The third-order valence-electron chi connectivity index (χ3n) is 1.58. The van der Waals surface area contributed by atoms with E-state index >= 15 is 0 Å². The van der Waals surface area contributed by atoms with Crippen molar-refractivity contribution in [2.75, 3.05) is 0 Å². The van der Waals surface area contributed by atoms with Gasteiger partial charge in [-0.05, 0) is 28.7 Å². The Balaban J connectivity index is 3.51. The molecule has 0 amide bonds. The van der Waals surface area contributed by atoms with E-state index in [4.69, 9.17) is 10.4 Å². The highest BCUT2D eigenvalue weighted by molar-refractivity contribution is 14.1. The van der Waals surface area contributed by atoms with E-state index in [0.29, 0.717) is 0 Å². The van der Waals surface area contributed by atoms with E-state index in [2.05, 4.69) is 4.98 Å². The molecule has 1 aromatic rings. The smallest absolute Gasteiger partial charge is 0.336 e. The van der Waals surface area contributed by atoms with E-state index in [9.17, 15) is 13.6 Å². The van der Waals surface area contributed by atoms with E-state index in [0.717, 1.165) is 6.07 Å². The highest BCUT2D eigenvalue weighted by atomic mass is 127. The van der Waals surface area contributed by atoms with Gasteiger partial charge < -0.3 is 5.11 Å². The Kier molecular flexibility index (Phi) is 3.52. The molecule has 1 heterocycles. The Bertz CT molecular complexity index is 457. The van der Waals surface area contributed by atoms with E-state index in [1.165, 1.54) is 22.6 Å². The third kappa shape index (κ3) is 2.38. The second-order valence-corrected chi connectivity index (χ2v) is 3.50. The lowest BCUT2D eigenvalue weighted by molar-refractivity contribution is 0.0683. The lowest BCUT2D eigenvalue weighted by Crippen LogP contribution is -2.08. The summed E-state index contributed by atoms with van der Waals surface area (Å²) in [6.45, 7) is 0.